The molecule has 0 amide bonds. The Kier molecular flexibility index (Phi) is 6.82. The highest BCUT2D eigenvalue weighted by molar-refractivity contribution is 6.01. The molecule has 0 bridgehead atoms. The highest BCUT2D eigenvalue weighted by Gasteiger charge is 2.79. The second kappa shape index (κ2) is 10.0. The molecule has 1 aromatic carbocycles. The van der Waals surface area contributed by atoms with Crippen LogP contribution in [0.2, 0.25) is 0 Å². The minimum atomic E-state index is -2.23. The predicted molar refractivity (Wildman–Crippen MR) is 157 cm³/mol. The SMILES string of the molecule is C[C@]12C=CC(=O)C=C1[C@@H](F)C[C@H]1C3C[C@H]4CN(c5ccc(CC6CCNCC6)cc5)O[C@@]4(C(=O)CO)[C@@]3(C)C[C@H](O)[C@@]12F. The van der Waals surface area contributed by atoms with E-state index in [1.54, 1.807) is 12.0 Å². The first-order valence-corrected chi connectivity index (χ1v) is 15.8. The molecule has 2 saturated heterocycles. The van der Waals surface area contributed by atoms with Crippen molar-refractivity contribution in [2.45, 2.75) is 75.9 Å². The first-order valence-electron chi connectivity index (χ1n) is 15.8. The molecule has 2 heterocycles. The van der Waals surface area contributed by atoms with Crippen molar-refractivity contribution in [1.29, 1.82) is 0 Å². The highest BCUT2D eigenvalue weighted by Crippen LogP contribution is 2.72. The van der Waals surface area contributed by atoms with E-state index < -0.39 is 58.6 Å². The normalized spacial score (nSPS) is 44.0. The fourth-order valence-electron chi connectivity index (χ4n) is 10.2. The van der Waals surface area contributed by atoms with E-state index in [2.05, 4.69) is 17.4 Å². The molecule has 0 spiro atoms. The van der Waals surface area contributed by atoms with E-state index in [9.17, 15) is 19.8 Å². The van der Waals surface area contributed by atoms with Crippen molar-refractivity contribution in [2.24, 2.45) is 34.5 Å². The topological polar surface area (TPSA) is 99.1 Å². The van der Waals surface area contributed by atoms with E-state index in [0.29, 0.717) is 18.9 Å². The smallest absolute Gasteiger partial charge is 0.193 e. The number of piperidine rings is 1. The van der Waals surface area contributed by atoms with Gasteiger partial charge in [-0.2, -0.15) is 0 Å². The maximum Gasteiger partial charge on any atom is 0.193 e. The minimum Gasteiger partial charge on any atom is -0.390 e. The van der Waals surface area contributed by atoms with Gasteiger partial charge in [0.1, 0.15) is 12.8 Å². The Labute approximate surface area is 251 Å². The van der Waals surface area contributed by atoms with E-state index in [4.69, 9.17) is 4.84 Å². The van der Waals surface area contributed by atoms with Gasteiger partial charge in [-0.05, 0) is 106 Å². The van der Waals surface area contributed by atoms with Gasteiger partial charge < -0.3 is 15.5 Å². The molecule has 7 nitrogen and oxygen atoms in total. The standard InChI is InChI=1S/C34H42F2N2O5/c1-31-10-7-24(40)15-27(31)28(35)16-26-25-14-22-18-38(23-5-3-20(4-6-23)13-21-8-11-37-12-9-21)43-34(22,30(42)19-39)32(25,2)17-29(41)33(26,31)36/h3-7,10,15,21-22,25-26,28-29,37,39,41H,8-9,11-14,16-19H2,1-2H3/t22-,25?,26-,28-,29-,31-,32-,33-,34-/m0/s1. The van der Waals surface area contributed by atoms with Crippen LogP contribution in [0.15, 0.2) is 48.1 Å². The molecule has 5 fully saturated rings. The quantitative estimate of drug-likeness (QED) is 0.476. The molecule has 3 saturated carbocycles. The number of carbonyl (C=O) groups is 2. The maximum atomic E-state index is 17.6. The molecule has 4 aliphatic carbocycles. The summed E-state index contributed by atoms with van der Waals surface area (Å²) >= 11 is 0. The van der Waals surface area contributed by atoms with Crippen molar-refractivity contribution in [3.05, 3.63) is 53.6 Å². The Morgan fingerprint density at radius 2 is 1.86 bits per heavy atom. The first-order chi connectivity index (χ1) is 20.5. The first kappa shape index (κ1) is 29.3. The Hall–Kier alpha value is -2.46. The zero-order valence-corrected chi connectivity index (χ0v) is 24.9. The van der Waals surface area contributed by atoms with Crippen LogP contribution < -0.4 is 10.4 Å². The summed E-state index contributed by atoms with van der Waals surface area (Å²) in [5.74, 6) is -1.98. The summed E-state index contributed by atoms with van der Waals surface area (Å²) < 4.78 is 33.4. The summed E-state index contributed by atoms with van der Waals surface area (Å²) in [5.41, 5.74) is -4.13. The minimum absolute atomic E-state index is 0.0757. The molecule has 1 aromatic rings. The summed E-state index contributed by atoms with van der Waals surface area (Å²) in [6, 6.07) is 8.19. The van der Waals surface area contributed by atoms with Gasteiger partial charge in [-0.3, -0.25) is 19.5 Å². The molecule has 0 aromatic heterocycles. The number of ketones is 2. The van der Waals surface area contributed by atoms with Gasteiger partial charge in [0, 0.05) is 22.7 Å². The molecule has 1 unspecified atom stereocenters. The summed E-state index contributed by atoms with van der Waals surface area (Å²) in [4.78, 5) is 32.5. The van der Waals surface area contributed by atoms with Crippen LogP contribution >= 0.6 is 0 Å². The maximum absolute atomic E-state index is 17.6. The fraction of sp³-hybridized carbons (Fsp3) is 0.647. The number of Topliss-reactive ketones (excluding diaryl/α,β-unsaturated/α-hetero) is 1. The monoisotopic (exact) mass is 596 g/mol. The number of alkyl halides is 2. The summed E-state index contributed by atoms with van der Waals surface area (Å²) in [5, 5.41) is 27.0. The highest BCUT2D eigenvalue weighted by atomic mass is 19.1. The third-order valence-corrected chi connectivity index (χ3v) is 12.4. The van der Waals surface area contributed by atoms with E-state index >= 15 is 8.78 Å². The van der Waals surface area contributed by atoms with Gasteiger partial charge in [0.2, 0.25) is 0 Å². The number of allylic oxidation sites excluding steroid dienone is 4. The molecule has 2 aliphatic heterocycles. The number of aliphatic hydroxyl groups excluding tert-OH is 2. The van der Waals surface area contributed by atoms with Crippen LogP contribution in [0.5, 0.6) is 0 Å². The van der Waals surface area contributed by atoms with Crippen LogP contribution in [0.25, 0.3) is 0 Å². The number of hydroxylamine groups is 1. The molecule has 9 heteroatoms. The summed E-state index contributed by atoms with van der Waals surface area (Å²) in [6.07, 6.45) is 4.24. The van der Waals surface area contributed by atoms with Gasteiger partial charge in [0.25, 0.3) is 0 Å². The molecular formula is C34H42F2N2O5. The number of rotatable bonds is 5. The average molecular weight is 597 g/mol. The van der Waals surface area contributed by atoms with Crippen molar-refractivity contribution in [2.75, 3.05) is 31.3 Å². The molecule has 43 heavy (non-hydrogen) atoms. The number of aliphatic hydroxyl groups is 2. The lowest BCUT2D eigenvalue weighted by molar-refractivity contribution is -0.228. The number of halogens is 2. The zero-order chi connectivity index (χ0) is 30.4. The van der Waals surface area contributed by atoms with Crippen molar-refractivity contribution in [3.63, 3.8) is 0 Å². The van der Waals surface area contributed by atoms with Gasteiger partial charge in [-0.25, -0.2) is 8.78 Å². The lowest BCUT2D eigenvalue weighted by atomic mass is 9.44. The number of hydrogen-bond acceptors (Lipinski definition) is 7. The third-order valence-electron chi connectivity index (χ3n) is 12.4. The number of hydrogen-bond donors (Lipinski definition) is 3. The van der Waals surface area contributed by atoms with Crippen LogP contribution in [-0.2, 0) is 20.8 Å². The van der Waals surface area contributed by atoms with Crippen molar-refractivity contribution < 1.29 is 33.4 Å². The molecular weight excluding hydrogens is 554 g/mol. The number of benzene rings is 1. The Morgan fingerprint density at radius 3 is 2.56 bits per heavy atom. The van der Waals surface area contributed by atoms with Gasteiger partial charge in [-0.1, -0.05) is 25.1 Å². The van der Waals surface area contributed by atoms with E-state index in [-0.39, 0.29) is 30.1 Å². The Balaban J connectivity index is 1.20. The van der Waals surface area contributed by atoms with E-state index in [1.807, 2.05) is 19.1 Å². The average Bonchev–Trinajstić information content (AvgIpc) is 3.49. The number of anilines is 1. The second-order valence-electron chi connectivity index (χ2n) is 14.3. The van der Waals surface area contributed by atoms with Crippen molar-refractivity contribution >= 4 is 17.3 Å². The van der Waals surface area contributed by atoms with Gasteiger partial charge >= 0.3 is 0 Å². The molecule has 6 aliphatic rings. The number of carbonyl (C=O) groups excluding carboxylic acids is 2. The third kappa shape index (κ3) is 3.90. The molecule has 0 radical (unpaired) electrons. The largest absolute Gasteiger partial charge is 0.390 e. The second-order valence-corrected chi connectivity index (χ2v) is 14.3. The summed E-state index contributed by atoms with van der Waals surface area (Å²) in [7, 11) is 0. The lowest BCUT2D eigenvalue weighted by Crippen LogP contribution is -2.70. The van der Waals surface area contributed by atoms with E-state index in [1.165, 1.54) is 23.8 Å². The van der Waals surface area contributed by atoms with Crippen LogP contribution in [0.4, 0.5) is 14.5 Å². The molecule has 7 rings (SSSR count). The Bertz CT molecular complexity index is 1380. The van der Waals surface area contributed by atoms with Gasteiger partial charge in [0.15, 0.2) is 22.8 Å². The lowest BCUT2D eigenvalue weighted by Gasteiger charge is -2.63. The predicted octanol–water partition coefficient (Wildman–Crippen LogP) is 3.83. The van der Waals surface area contributed by atoms with Crippen LogP contribution in [0.1, 0.15) is 51.5 Å². The fourth-order valence-corrected chi connectivity index (χ4v) is 10.2. The van der Waals surface area contributed by atoms with Gasteiger partial charge in [-0.15, -0.1) is 0 Å². The van der Waals surface area contributed by atoms with Gasteiger partial charge in [0.05, 0.1) is 18.3 Å². The molecule has 9 atom stereocenters. The molecule has 232 valence electrons. The number of fused-ring (bicyclic) bond motifs is 7. The zero-order valence-electron chi connectivity index (χ0n) is 24.9. The number of nitrogens with one attached hydrogen (secondary N) is 1. The van der Waals surface area contributed by atoms with Crippen molar-refractivity contribution in [3.8, 4) is 0 Å². The van der Waals surface area contributed by atoms with E-state index in [0.717, 1.165) is 38.0 Å². The van der Waals surface area contributed by atoms with Crippen LogP contribution in [-0.4, -0.2) is 71.6 Å². The molecule has 3 N–H and O–H groups in total. The van der Waals surface area contributed by atoms with Crippen molar-refractivity contribution in [1.82, 2.24) is 5.32 Å². The number of nitrogens with zero attached hydrogens (tertiary/aromatic N) is 1. The summed E-state index contributed by atoms with van der Waals surface area (Å²) in [6.45, 7) is 5.13. The Morgan fingerprint density at radius 1 is 1.14 bits per heavy atom. The van der Waals surface area contributed by atoms with Crippen LogP contribution in [0, 0.1) is 34.5 Å². The van der Waals surface area contributed by atoms with Crippen LogP contribution in [0.3, 0.4) is 0 Å².